The van der Waals surface area contributed by atoms with E-state index in [-0.39, 0.29) is 33.7 Å². The molecule has 1 fully saturated rings. The number of hydrogen-bond acceptors (Lipinski definition) is 6. The monoisotopic (exact) mass is 546 g/mol. The molecule has 1 aliphatic heterocycles. The van der Waals surface area contributed by atoms with E-state index in [4.69, 9.17) is 4.74 Å². The van der Waals surface area contributed by atoms with Crippen molar-refractivity contribution in [2.75, 3.05) is 31.3 Å². The minimum Gasteiger partial charge on any atom is -0.497 e. The van der Waals surface area contributed by atoms with Crippen LogP contribution in [0.3, 0.4) is 0 Å². The van der Waals surface area contributed by atoms with Crippen LogP contribution in [0.25, 0.3) is 0 Å². The highest BCUT2D eigenvalue weighted by Gasteiger charge is 2.30. The minimum atomic E-state index is -3.82. The van der Waals surface area contributed by atoms with E-state index < -0.39 is 25.7 Å². The van der Waals surface area contributed by atoms with Crippen molar-refractivity contribution in [3.8, 4) is 5.75 Å². The average molecular weight is 547 g/mol. The lowest BCUT2D eigenvalue weighted by molar-refractivity contribution is 0.318. The maximum atomic E-state index is 14.8. The van der Waals surface area contributed by atoms with E-state index in [0.717, 1.165) is 22.9 Å². The smallest absolute Gasteiger partial charge is 0.243 e. The molecule has 0 amide bonds. The Balaban J connectivity index is 1.39. The van der Waals surface area contributed by atoms with Gasteiger partial charge in [0.1, 0.15) is 11.6 Å². The first kappa shape index (κ1) is 27.1. The lowest BCUT2D eigenvalue weighted by Crippen LogP contribution is -2.37. The molecular formula is C27H31FN2O5S2. The lowest BCUT2D eigenvalue weighted by atomic mass is 9.90. The van der Waals surface area contributed by atoms with Gasteiger partial charge in [-0.2, -0.15) is 4.31 Å². The topological polar surface area (TPSA) is 92.8 Å². The second-order valence-corrected chi connectivity index (χ2v) is 13.2. The Morgan fingerprint density at radius 2 is 1.62 bits per heavy atom. The van der Waals surface area contributed by atoms with Crippen molar-refractivity contribution in [1.29, 1.82) is 0 Å². The van der Waals surface area contributed by atoms with Crippen molar-refractivity contribution in [3.05, 3.63) is 83.7 Å². The number of rotatable bonds is 9. The second kappa shape index (κ2) is 11.2. The minimum absolute atomic E-state index is 0.0192. The molecule has 0 aromatic heterocycles. The third-order valence-corrected chi connectivity index (χ3v) is 10.4. The summed E-state index contributed by atoms with van der Waals surface area (Å²) in [6, 6.07) is 18.1. The number of sulfonamides is 1. The maximum Gasteiger partial charge on any atom is 0.243 e. The van der Waals surface area contributed by atoms with Gasteiger partial charge in [-0.05, 0) is 72.4 Å². The number of nitrogens with one attached hydrogen (secondary N) is 1. The van der Waals surface area contributed by atoms with Gasteiger partial charge in [0.2, 0.25) is 10.0 Å². The van der Waals surface area contributed by atoms with Crippen LogP contribution in [0.5, 0.6) is 5.75 Å². The molecule has 10 heteroatoms. The molecule has 4 rings (SSSR count). The molecule has 0 aliphatic carbocycles. The SMILES string of the molecule is CCS(=O)(=O)c1ccc(CNc2ccc(S(=O)(=O)N3CCC(c4cccc(OC)c4)CC3)cc2F)cc1. The summed E-state index contributed by atoms with van der Waals surface area (Å²) in [5.74, 6) is 0.363. The molecule has 0 atom stereocenters. The molecule has 0 bridgehead atoms. The van der Waals surface area contributed by atoms with Gasteiger partial charge in [0, 0.05) is 19.6 Å². The van der Waals surface area contributed by atoms with Crippen LogP contribution in [0.4, 0.5) is 10.1 Å². The molecule has 3 aromatic rings. The number of ether oxygens (including phenoxy) is 1. The van der Waals surface area contributed by atoms with Gasteiger partial charge in [-0.1, -0.05) is 31.2 Å². The van der Waals surface area contributed by atoms with Gasteiger partial charge in [0.25, 0.3) is 0 Å². The molecule has 1 saturated heterocycles. The van der Waals surface area contributed by atoms with Gasteiger partial charge in [0.05, 0.1) is 28.3 Å². The van der Waals surface area contributed by atoms with Crippen molar-refractivity contribution < 1.29 is 26.0 Å². The summed E-state index contributed by atoms with van der Waals surface area (Å²) >= 11 is 0. The zero-order valence-electron chi connectivity index (χ0n) is 20.9. The molecule has 37 heavy (non-hydrogen) atoms. The Kier molecular flexibility index (Phi) is 8.20. The number of sulfone groups is 1. The number of hydrogen-bond donors (Lipinski definition) is 1. The van der Waals surface area contributed by atoms with Gasteiger partial charge >= 0.3 is 0 Å². The zero-order chi connectivity index (χ0) is 26.6. The molecule has 1 N–H and O–H groups in total. The van der Waals surface area contributed by atoms with E-state index in [1.165, 1.54) is 28.6 Å². The Bertz CT molecular complexity index is 1450. The molecular weight excluding hydrogens is 515 g/mol. The van der Waals surface area contributed by atoms with Gasteiger partial charge < -0.3 is 10.1 Å². The fraction of sp³-hybridized carbons (Fsp3) is 0.333. The number of piperidine rings is 1. The summed E-state index contributed by atoms with van der Waals surface area (Å²) in [4.78, 5) is 0.163. The Labute approximate surface area is 218 Å². The summed E-state index contributed by atoms with van der Waals surface area (Å²) in [5, 5.41) is 2.95. The molecule has 3 aromatic carbocycles. The van der Waals surface area contributed by atoms with E-state index in [1.807, 2.05) is 24.3 Å². The first-order valence-corrected chi connectivity index (χ1v) is 15.2. The van der Waals surface area contributed by atoms with Crippen molar-refractivity contribution in [2.24, 2.45) is 0 Å². The number of benzene rings is 3. The Morgan fingerprint density at radius 1 is 0.946 bits per heavy atom. The first-order valence-electron chi connectivity index (χ1n) is 12.1. The normalized spacial score (nSPS) is 15.4. The predicted octanol–water partition coefficient (Wildman–Crippen LogP) is 4.81. The highest BCUT2D eigenvalue weighted by atomic mass is 32.2. The van der Waals surface area contributed by atoms with Gasteiger partial charge in [-0.3, -0.25) is 0 Å². The molecule has 7 nitrogen and oxygen atoms in total. The van der Waals surface area contributed by atoms with Crippen LogP contribution in [0.2, 0.25) is 0 Å². The molecule has 1 heterocycles. The number of methoxy groups -OCH3 is 1. The van der Waals surface area contributed by atoms with E-state index in [0.29, 0.717) is 25.9 Å². The number of nitrogens with zero attached hydrogens (tertiary/aromatic N) is 1. The fourth-order valence-electron chi connectivity index (χ4n) is 4.45. The molecule has 0 radical (unpaired) electrons. The summed E-state index contributed by atoms with van der Waals surface area (Å²) in [6.07, 6.45) is 1.35. The third-order valence-electron chi connectivity index (χ3n) is 6.74. The number of halogens is 1. The fourth-order valence-corrected chi connectivity index (χ4v) is 6.82. The quantitative estimate of drug-likeness (QED) is 0.414. The van der Waals surface area contributed by atoms with E-state index >= 15 is 0 Å². The van der Waals surface area contributed by atoms with Gasteiger partial charge in [-0.15, -0.1) is 0 Å². The molecule has 0 spiro atoms. The highest BCUT2D eigenvalue weighted by molar-refractivity contribution is 7.91. The van der Waals surface area contributed by atoms with Crippen molar-refractivity contribution in [2.45, 2.75) is 42.0 Å². The largest absolute Gasteiger partial charge is 0.497 e. The maximum absolute atomic E-state index is 14.8. The summed E-state index contributed by atoms with van der Waals surface area (Å²) in [7, 11) is -5.49. The molecule has 0 unspecified atom stereocenters. The zero-order valence-corrected chi connectivity index (χ0v) is 22.5. The summed E-state index contributed by atoms with van der Waals surface area (Å²) < 4.78 is 71.8. The van der Waals surface area contributed by atoms with Crippen LogP contribution in [-0.2, 0) is 26.4 Å². The van der Waals surface area contributed by atoms with Crippen LogP contribution in [0.15, 0.2) is 76.5 Å². The molecule has 0 saturated carbocycles. The standard InChI is InChI=1S/C27H31FN2O5S2/c1-3-36(31,32)24-9-7-20(8-10-24)19-29-27-12-11-25(18-26(27)28)37(33,34)30-15-13-21(14-16-30)22-5-4-6-23(17-22)35-2/h4-12,17-18,21,29H,3,13-16,19H2,1-2H3. The average Bonchev–Trinajstić information content (AvgIpc) is 2.92. The van der Waals surface area contributed by atoms with E-state index in [1.54, 1.807) is 26.2 Å². The van der Waals surface area contributed by atoms with Gasteiger partial charge in [0.15, 0.2) is 9.84 Å². The molecule has 1 aliphatic rings. The van der Waals surface area contributed by atoms with E-state index in [9.17, 15) is 21.2 Å². The number of anilines is 1. The van der Waals surface area contributed by atoms with Crippen LogP contribution in [0.1, 0.15) is 36.8 Å². The van der Waals surface area contributed by atoms with Crippen molar-refractivity contribution in [3.63, 3.8) is 0 Å². The summed E-state index contributed by atoms with van der Waals surface area (Å²) in [6.45, 7) is 2.56. The summed E-state index contributed by atoms with van der Waals surface area (Å²) in [5.41, 5.74) is 2.06. The lowest BCUT2D eigenvalue weighted by Gasteiger charge is -2.31. The van der Waals surface area contributed by atoms with Crippen LogP contribution >= 0.6 is 0 Å². The van der Waals surface area contributed by atoms with Crippen molar-refractivity contribution in [1.82, 2.24) is 4.31 Å². The van der Waals surface area contributed by atoms with Crippen LogP contribution in [-0.4, -0.2) is 47.1 Å². The first-order chi connectivity index (χ1) is 17.6. The van der Waals surface area contributed by atoms with Crippen molar-refractivity contribution >= 4 is 25.5 Å². The Morgan fingerprint density at radius 3 is 2.24 bits per heavy atom. The van der Waals surface area contributed by atoms with Crippen LogP contribution < -0.4 is 10.1 Å². The molecule has 198 valence electrons. The third kappa shape index (κ3) is 6.14. The predicted molar refractivity (Wildman–Crippen MR) is 142 cm³/mol. The second-order valence-electron chi connectivity index (χ2n) is 9.00. The Hall–Kier alpha value is -2.95. The highest BCUT2D eigenvalue weighted by Crippen LogP contribution is 2.33. The van der Waals surface area contributed by atoms with Crippen LogP contribution in [0, 0.1) is 5.82 Å². The van der Waals surface area contributed by atoms with Gasteiger partial charge in [-0.25, -0.2) is 21.2 Å². The van der Waals surface area contributed by atoms with E-state index in [2.05, 4.69) is 5.32 Å².